The van der Waals surface area contributed by atoms with Gasteiger partial charge in [-0.15, -0.1) is 12.4 Å². The van der Waals surface area contributed by atoms with Crippen molar-refractivity contribution in [2.24, 2.45) is 5.73 Å². The summed E-state index contributed by atoms with van der Waals surface area (Å²) in [5.41, 5.74) is 5.06. The van der Waals surface area contributed by atoms with Gasteiger partial charge in [-0.05, 0) is 7.05 Å². The molecule has 4 nitrogen and oxygen atoms in total. The van der Waals surface area contributed by atoms with Crippen LogP contribution in [-0.4, -0.2) is 30.7 Å². The lowest BCUT2D eigenvalue weighted by atomic mass is 10.3. The van der Waals surface area contributed by atoms with Crippen LogP contribution in [0.5, 0.6) is 0 Å². The number of carboxylic acid groups (broad SMARTS) is 1. The van der Waals surface area contributed by atoms with E-state index in [0.29, 0.717) is 6.54 Å². The van der Waals surface area contributed by atoms with Crippen LogP contribution in [-0.2, 0) is 4.79 Å². The third-order valence-corrected chi connectivity index (χ3v) is 0.741. The molecule has 0 heterocycles. The first-order chi connectivity index (χ1) is 3.68. The van der Waals surface area contributed by atoms with Crippen molar-refractivity contribution in [3.05, 3.63) is 0 Å². The number of carboxylic acids is 1. The van der Waals surface area contributed by atoms with Crippen molar-refractivity contribution in [1.29, 1.82) is 0 Å². The van der Waals surface area contributed by atoms with Gasteiger partial charge in [-0.25, -0.2) is 0 Å². The summed E-state index contributed by atoms with van der Waals surface area (Å²) in [4.78, 5) is 9.92. The number of rotatable bonds is 3. The molecule has 1 unspecified atom stereocenters. The predicted octanol–water partition coefficient (Wildman–Crippen LogP) is -0.960. The summed E-state index contributed by atoms with van der Waals surface area (Å²) in [7, 11) is 1.66. The Hall–Kier alpha value is -0.320. The highest BCUT2D eigenvalue weighted by Crippen LogP contribution is 1.71. The fourth-order valence-corrected chi connectivity index (χ4v) is 0.307. The number of aliphatic carboxylic acids is 1. The van der Waals surface area contributed by atoms with Crippen molar-refractivity contribution in [2.75, 3.05) is 13.6 Å². The van der Waals surface area contributed by atoms with E-state index in [1.54, 1.807) is 7.05 Å². The first-order valence-electron chi connectivity index (χ1n) is 2.31. The fraction of sp³-hybridized carbons (Fsp3) is 0.750. The van der Waals surface area contributed by atoms with Gasteiger partial charge in [-0.1, -0.05) is 0 Å². The highest BCUT2D eigenvalue weighted by Gasteiger charge is 2.07. The maximum atomic E-state index is 9.92. The zero-order chi connectivity index (χ0) is 6.57. The average molecular weight is 155 g/mol. The van der Waals surface area contributed by atoms with E-state index in [1.807, 2.05) is 0 Å². The highest BCUT2D eigenvalue weighted by atomic mass is 35.5. The Morgan fingerprint density at radius 2 is 2.33 bits per heavy atom. The van der Waals surface area contributed by atoms with Gasteiger partial charge in [-0.3, -0.25) is 4.79 Å². The third kappa shape index (κ3) is 5.55. The number of nitrogens with one attached hydrogen (secondary N) is 1. The first kappa shape index (κ1) is 11.5. The lowest BCUT2D eigenvalue weighted by Crippen LogP contribution is -2.38. The van der Waals surface area contributed by atoms with Crippen LogP contribution in [0.2, 0.25) is 0 Å². The molecule has 9 heavy (non-hydrogen) atoms. The van der Waals surface area contributed by atoms with E-state index < -0.39 is 12.0 Å². The summed E-state index contributed by atoms with van der Waals surface area (Å²) >= 11 is 0. The van der Waals surface area contributed by atoms with Gasteiger partial charge in [0.25, 0.3) is 0 Å². The molecule has 1 atom stereocenters. The molecule has 0 saturated carbocycles. The van der Waals surface area contributed by atoms with Gasteiger partial charge in [0.05, 0.1) is 0 Å². The van der Waals surface area contributed by atoms with E-state index in [1.165, 1.54) is 0 Å². The van der Waals surface area contributed by atoms with Crippen molar-refractivity contribution in [3.63, 3.8) is 0 Å². The lowest BCUT2D eigenvalue weighted by Gasteiger charge is -2.02. The van der Waals surface area contributed by atoms with Crippen molar-refractivity contribution in [1.82, 2.24) is 5.32 Å². The minimum Gasteiger partial charge on any atom is -0.480 e. The Kier molecular flexibility index (Phi) is 7.41. The van der Waals surface area contributed by atoms with E-state index in [9.17, 15) is 4.79 Å². The Labute approximate surface area is 59.8 Å². The van der Waals surface area contributed by atoms with E-state index in [4.69, 9.17) is 10.8 Å². The monoisotopic (exact) mass is 154 g/mol. The molecule has 0 aliphatic rings. The summed E-state index contributed by atoms with van der Waals surface area (Å²) < 4.78 is 0. The van der Waals surface area contributed by atoms with Crippen LogP contribution >= 0.6 is 12.4 Å². The fourth-order valence-electron chi connectivity index (χ4n) is 0.307. The zero-order valence-electron chi connectivity index (χ0n) is 5.13. The maximum absolute atomic E-state index is 9.92. The van der Waals surface area contributed by atoms with Crippen LogP contribution in [0.3, 0.4) is 0 Å². The lowest BCUT2D eigenvalue weighted by molar-refractivity contribution is -0.138. The van der Waals surface area contributed by atoms with Gasteiger partial charge in [0.15, 0.2) is 0 Å². The SMILES string of the molecule is CNCC(N)C(=O)O.Cl. The van der Waals surface area contributed by atoms with Gasteiger partial charge in [0.1, 0.15) is 6.04 Å². The van der Waals surface area contributed by atoms with Crippen LogP contribution in [0.4, 0.5) is 0 Å². The molecular weight excluding hydrogens is 144 g/mol. The van der Waals surface area contributed by atoms with Crippen LogP contribution in [0.25, 0.3) is 0 Å². The smallest absolute Gasteiger partial charge is 0.321 e. The van der Waals surface area contributed by atoms with Crippen molar-refractivity contribution >= 4 is 18.4 Å². The first-order valence-corrected chi connectivity index (χ1v) is 2.31. The summed E-state index contributed by atoms with van der Waals surface area (Å²) in [5.74, 6) is -0.973. The molecule has 0 bridgehead atoms. The van der Waals surface area contributed by atoms with Crippen molar-refractivity contribution in [3.8, 4) is 0 Å². The number of hydrogen-bond donors (Lipinski definition) is 3. The molecule has 0 rings (SSSR count). The normalized spacial score (nSPS) is 11.8. The van der Waals surface area contributed by atoms with Crippen LogP contribution < -0.4 is 11.1 Å². The van der Waals surface area contributed by atoms with Gasteiger partial charge in [0.2, 0.25) is 0 Å². The van der Waals surface area contributed by atoms with Gasteiger partial charge in [-0.2, -0.15) is 0 Å². The molecule has 4 N–H and O–H groups in total. The molecule has 0 spiro atoms. The predicted molar refractivity (Wildman–Crippen MR) is 36.8 cm³/mol. The second kappa shape index (κ2) is 5.81. The molecule has 0 aromatic carbocycles. The molecule has 0 amide bonds. The molecule has 0 aliphatic carbocycles. The molecule has 0 aromatic heterocycles. The second-order valence-corrected chi connectivity index (χ2v) is 1.50. The average Bonchev–Trinajstić information content (AvgIpc) is 1.67. The van der Waals surface area contributed by atoms with E-state index in [0.717, 1.165) is 0 Å². The Balaban J connectivity index is 0. The minimum atomic E-state index is -0.973. The number of hydrogen-bond acceptors (Lipinski definition) is 3. The Morgan fingerprint density at radius 3 is 2.44 bits per heavy atom. The van der Waals surface area contributed by atoms with Gasteiger partial charge >= 0.3 is 5.97 Å². The van der Waals surface area contributed by atoms with E-state index in [2.05, 4.69) is 5.32 Å². The molecule has 5 heteroatoms. The van der Waals surface area contributed by atoms with E-state index in [-0.39, 0.29) is 12.4 Å². The summed E-state index contributed by atoms with van der Waals surface area (Å²) in [6.45, 7) is 0.315. The maximum Gasteiger partial charge on any atom is 0.321 e. The molecule has 0 fully saturated rings. The Bertz CT molecular complexity index is 88.6. The molecule has 56 valence electrons. The third-order valence-electron chi connectivity index (χ3n) is 0.741. The standard InChI is InChI=1S/C4H10N2O2.ClH/c1-6-2-3(5)4(7)8;/h3,6H,2,5H2,1H3,(H,7,8);1H. The largest absolute Gasteiger partial charge is 0.480 e. The summed E-state index contributed by atoms with van der Waals surface area (Å²) in [6, 6.07) is -0.778. The topological polar surface area (TPSA) is 75.3 Å². The quantitative estimate of drug-likeness (QED) is 0.490. The zero-order valence-corrected chi connectivity index (χ0v) is 5.94. The van der Waals surface area contributed by atoms with Gasteiger partial charge < -0.3 is 16.2 Å². The minimum absolute atomic E-state index is 0. The second-order valence-electron chi connectivity index (χ2n) is 1.50. The summed E-state index contributed by atoms with van der Waals surface area (Å²) in [6.07, 6.45) is 0. The van der Waals surface area contributed by atoms with Crippen molar-refractivity contribution in [2.45, 2.75) is 6.04 Å². The van der Waals surface area contributed by atoms with E-state index >= 15 is 0 Å². The van der Waals surface area contributed by atoms with Crippen LogP contribution in [0.15, 0.2) is 0 Å². The Morgan fingerprint density at radius 1 is 1.89 bits per heavy atom. The highest BCUT2D eigenvalue weighted by molar-refractivity contribution is 5.85. The number of halogens is 1. The molecule has 0 saturated heterocycles. The molecular formula is C4H11ClN2O2. The summed E-state index contributed by atoms with van der Waals surface area (Å²) in [5, 5.41) is 10.8. The van der Waals surface area contributed by atoms with Gasteiger partial charge in [0, 0.05) is 6.54 Å². The van der Waals surface area contributed by atoms with Crippen molar-refractivity contribution < 1.29 is 9.90 Å². The number of carbonyl (C=O) groups is 1. The van der Waals surface area contributed by atoms with Crippen LogP contribution in [0, 0.1) is 0 Å². The number of nitrogens with two attached hydrogens (primary N) is 1. The number of likely N-dealkylation sites (N-methyl/N-ethyl adjacent to an activating group) is 1. The molecule has 0 radical (unpaired) electrons. The molecule has 0 aliphatic heterocycles. The van der Waals surface area contributed by atoms with Crippen LogP contribution in [0.1, 0.15) is 0 Å². The molecule has 0 aromatic rings.